The first-order chi connectivity index (χ1) is 22.1. The average molecular weight is 627 g/mol. The Morgan fingerprint density at radius 3 is 2.61 bits per heavy atom. The molecule has 2 saturated heterocycles. The molecule has 0 unspecified atom stereocenters. The van der Waals surface area contributed by atoms with Gasteiger partial charge in [0.25, 0.3) is 11.8 Å². The number of imidazole rings is 1. The van der Waals surface area contributed by atoms with Crippen LogP contribution in [0.25, 0.3) is 33.5 Å². The van der Waals surface area contributed by atoms with Gasteiger partial charge in [0.15, 0.2) is 5.82 Å². The van der Waals surface area contributed by atoms with Gasteiger partial charge in [0.1, 0.15) is 16.9 Å². The molecule has 0 spiro atoms. The van der Waals surface area contributed by atoms with Crippen molar-refractivity contribution >= 4 is 33.8 Å². The highest BCUT2D eigenvalue weighted by molar-refractivity contribution is 6.01. The first-order valence-electron chi connectivity index (χ1n) is 16.8. The molecule has 7 rings (SSSR count). The summed E-state index contributed by atoms with van der Waals surface area (Å²) in [6.45, 7) is 4.75. The number of aryl methyl sites for hydroxylation is 2. The van der Waals surface area contributed by atoms with E-state index < -0.39 is 5.60 Å². The Morgan fingerprint density at radius 2 is 1.89 bits per heavy atom. The van der Waals surface area contributed by atoms with Gasteiger partial charge in [-0.25, -0.2) is 4.98 Å². The van der Waals surface area contributed by atoms with Gasteiger partial charge in [-0.2, -0.15) is 0 Å². The summed E-state index contributed by atoms with van der Waals surface area (Å²) < 4.78 is 16.0. The Hall–Kier alpha value is -3.89. The van der Waals surface area contributed by atoms with Crippen molar-refractivity contribution in [2.75, 3.05) is 14.2 Å². The Balaban J connectivity index is 1.30. The normalized spacial score (nSPS) is 27.0. The Labute approximate surface area is 270 Å². The maximum atomic E-state index is 13.8. The summed E-state index contributed by atoms with van der Waals surface area (Å²) in [5, 5.41) is 4.31. The molecule has 0 saturated carbocycles. The maximum Gasteiger partial charge on any atom is 0.254 e. The van der Waals surface area contributed by atoms with Crippen LogP contribution >= 0.6 is 0 Å². The summed E-state index contributed by atoms with van der Waals surface area (Å²) in [6.07, 6.45) is 7.51. The fraction of sp³-hybridized carbons (Fsp3) is 0.528. The second-order valence-corrected chi connectivity index (χ2v) is 13.7. The van der Waals surface area contributed by atoms with E-state index in [1.54, 1.807) is 14.2 Å². The average Bonchev–Trinajstić information content (AvgIpc) is 3.80. The van der Waals surface area contributed by atoms with Gasteiger partial charge < -0.3 is 34.6 Å². The maximum absolute atomic E-state index is 13.8. The lowest BCUT2D eigenvalue weighted by Crippen LogP contribution is -2.46. The molecule has 2 aromatic carbocycles. The zero-order valence-corrected chi connectivity index (χ0v) is 27.6. The lowest BCUT2D eigenvalue weighted by Gasteiger charge is -2.29. The number of ether oxygens (including phenoxy) is 2. The minimum atomic E-state index is -0.845. The first kappa shape index (κ1) is 30.7. The molecule has 0 radical (unpaired) electrons. The quantitative estimate of drug-likeness (QED) is 0.311. The van der Waals surface area contributed by atoms with Crippen LogP contribution in [-0.4, -0.2) is 68.8 Å². The van der Waals surface area contributed by atoms with E-state index in [1.165, 1.54) is 0 Å². The molecular weight excluding hydrogens is 580 g/mol. The van der Waals surface area contributed by atoms with Crippen molar-refractivity contribution in [1.29, 1.82) is 0 Å². The standard InChI is InChI=1S/C36H46N6O4/c1-21-22-10-11-23-18-30(41(29(23)17-22)15-9-7-6-8-14-36(2,46-5)35(44)38-21)33-39-27-16-24(19-31(45-4)32(27)40(33)3)34(43)42-25-12-13-28(42)26(37)20-25/h10-11,16-19,21,25-26,28H,6-9,12-15,20,37H2,1-5H3,(H,38,44)/t21-,25+,26-,28-,36+/m1/s1. The lowest BCUT2D eigenvalue weighted by molar-refractivity contribution is -0.143. The summed E-state index contributed by atoms with van der Waals surface area (Å²) in [6, 6.07) is 12.6. The molecule has 4 bridgehead atoms. The molecule has 46 heavy (non-hydrogen) atoms. The van der Waals surface area contributed by atoms with Crippen LogP contribution in [0.15, 0.2) is 36.4 Å². The fourth-order valence-electron chi connectivity index (χ4n) is 8.11. The van der Waals surface area contributed by atoms with Crippen LogP contribution in [0, 0.1) is 0 Å². The minimum Gasteiger partial charge on any atom is -0.494 e. The molecular formula is C36H46N6O4. The number of carbonyl (C=O) groups excluding carboxylic acids is 2. The number of hydrogen-bond donors (Lipinski definition) is 2. The predicted molar refractivity (Wildman–Crippen MR) is 179 cm³/mol. The molecule has 2 fully saturated rings. The number of methoxy groups -OCH3 is 2. The van der Waals surface area contributed by atoms with E-state index in [0.717, 1.165) is 90.5 Å². The van der Waals surface area contributed by atoms with Crippen LogP contribution in [0.2, 0.25) is 0 Å². The highest BCUT2D eigenvalue weighted by Gasteiger charge is 2.47. The molecule has 2 aromatic heterocycles. The van der Waals surface area contributed by atoms with Gasteiger partial charge in [0, 0.05) is 55.3 Å². The number of rotatable bonds is 4. The lowest BCUT2D eigenvalue weighted by atomic mass is 9.95. The summed E-state index contributed by atoms with van der Waals surface area (Å²) in [4.78, 5) is 34.3. The van der Waals surface area contributed by atoms with Crippen molar-refractivity contribution in [3.63, 3.8) is 0 Å². The topological polar surface area (TPSA) is 117 Å². The van der Waals surface area contributed by atoms with Gasteiger partial charge in [0.05, 0.1) is 24.4 Å². The van der Waals surface area contributed by atoms with Gasteiger partial charge in [0.2, 0.25) is 0 Å². The molecule has 5 heterocycles. The van der Waals surface area contributed by atoms with E-state index in [1.807, 2.05) is 37.9 Å². The van der Waals surface area contributed by atoms with Gasteiger partial charge in [-0.15, -0.1) is 0 Å². The van der Waals surface area contributed by atoms with Gasteiger partial charge in [-0.05, 0) is 75.8 Å². The monoisotopic (exact) mass is 626 g/mol. The van der Waals surface area contributed by atoms with Crippen LogP contribution in [0.3, 0.4) is 0 Å². The molecule has 2 amide bonds. The van der Waals surface area contributed by atoms with Crippen LogP contribution < -0.4 is 15.8 Å². The highest BCUT2D eigenvalue weighted by Crippen LogP contribution is 2.40. The van der Waals surface area contributed by atoms with E-state index >= 15 is 0 Å². The number of benzene rings is 2. The van der Waals surface area contributed by atoms with Crippen molar-refractivity contribution in [3.05, 3.63) is 47.5 Å². The van der Waals surface area contributed by atoms with Crippen LogP contribution in [0.5, 0.6) is 5.75 Å². The van der Waals surface area contributed by atoms with Crippen molar-refractivity contribution < 1.29 is 19.1 Å². The number of nitrogens with zero attached hydrogens (tertiary/aromatic N) is 4. The predicted octanol–water partition coefficient (Wildman–Crippen LogP) is 5.45. The number of nitrogens with two attached hydrogens (primary N) is 1. The highest BCUT2D eigenvalue weighted by atomic mass is 16.5. The number of hydrogen-bond acceptors (Lipinski definition) is 6. The second-order valence-electron chi connectivity index (χ2n) is 13.7. The molecule has 5 atom stereocenters. The summed E-state index contributed by atoms with van der Waals surface area (Å²) in [5.41, 5.74) is 10.8. The second kappa shape index (κ2) is 11.7. The number of carbonyl (C=O) groups is 2. The van der Waals surface area contributed by atoms with Crippen molar-refractivity contribution in [2.24, 2.45) is 12.8 Å². The molecule has 0 aliphatic carbocycles. The number of aromatic nitrogens is 3. The number of fused-ring (bicyclic) bond motifs is 4. The van der Waals surface area contributed by atoms with E-state index in [9.17, 15) is 9.59 Å². The summed E-state index contributed by atoms with van der Waals surface area (Å²) in [5.74, 6) is 1.37. The third kappa shape index (κ3) is 4.97. The van der Waals surface area contributed by atoms with Gasteiger partial charge >= 0.3 is 0 Å². The minimum absolute atomic E-state index is 0.00896. The van der Waals surface area contributed by atoms with Crippen LogP contribution in [0.1, 0.15) is 87.2 Å². The number of amides is 2. The molecule has 3 aliphatic heterocycles. The Morgan fingerprint density at radius 1 is 1.09 bits per heavy atom. The molecule has 3 N–H and O–H groups in total. The van der Waals surface area contributed by atoms with E-state index in [-0.39, 0.29) is 36.0 Å². The van der Waals surface area contributed by atoms with E-state index in [2.05, 4.69) is 38.7 Å². The SMILES string of the molecule is COc1cc(C(=O)N2[C@H]3CC[C@@H]2[C@H](N)C3)cc2nc(-c3cc4ccc5cc4n3CCCCCC[C@](C)(OC)C(=O)N[C@@H]5C)n(C)c12. The molecule has 4 aromatic rings. The Bertz CT molecular complexity index is 1830. The van der Waals surface area contributed by atoms with Crippen molar-refractivity contribution in [1.82, 2.24) is 24.3 Å². The van der Waals surface area contributed by atoms with Gasteiger partial charge in [-0.3, -0.25) is 9.59 Å². The van der Waals surface area contributed by atoms with Crippen LogP contribution in [-0.2, 0) is 23.1 Å². The molecule has 3 aliphatic rings. The zero-order valence-electron chi connectivity index (χ0n) is 27.6. The first-order valence-corrected chi connectivity index (χ1v) is 16.8. The van der Waals surface area contributed by atoms with E-state index in [4.69, 9.17) is 20.2 Å². The molecule has 10 nitrogen and oxygen atoms in total. The van der Waals surface area contributed by atoms with Crippen molar-refractivity contribution in [2.45, 2.75) is 102 Å². The molecule has 244 valence electrons. The largest absolute Gasteiger partial charge is 0.494 e. The van der Waals surface area contributed by atoms with Crippen LogP contribution in [0.4, 0.5) is 0 Å². The fourth-order valence-corrected chi connectivity index (χ4v) is 8.11. The zero-order chi connectivity index (χ0) is 32.3. The third-order valence-corrected chi connectivity index (χ3v) is 10.9. The third-order valence-electron chi connectivity index (χ3n) is 10.9. The Kier molecular flexibility index (Phi) is 7.84. The summed E-state index contributed by atoms with van der Waals surface area (Å²) >= 11 is 0. The smallest absolute Gasteiger partial charge is 0.254 e. The summed E-state index contributed by atoms with van der Waals surface area (Å²) in [7, 11) is 5.28. The van der Waals surface area contributed by atoms with Crippen molar-refractivity contribution in [3.8, 4) is 17.3 Å². The molecule has 10 heteroatoms. The number of nitrogens with one attached hydrogen (secondary N) is 1. The van der Waals surface area contributed by atoms with E-state index in [0.29, 0.717) is 17.7 Å². The van der Waals surface area contributed by atoms with Gasteiger partial charge in [-0.1, -0.05) is 31.4 Å².